The molecule has 4 nitrogen and oxygen atoms in total. The highest BCUT2D eigenvalue weighted by Gasteiger charge is 2.05. The van der Waals surface area contributed by atoms with Gasteiger partial charge >= 0.3 is 0 Å². The Morgan fingerprint density at radius 1 is 1.53 bits per heavy atom. The Kier molecular flexibility index (Phi) is 3.71. The van der Waals surface area contributed by atoms with E-state index < -0.39 is 5.97 Å². The summed E-state index contributed by atoms with van der Waals surface area (Å²) >= 11 is 7.01. The maximum atomic E-state index is 10.4. The summed E-state index contributed by atoms with van der Waals surface area (Å²) in [5.41, 5.74) is 0.843. The summed E-state index contributed by atoms with van der Waals surface area (Å²) in [4.78, 5) is 14.5. The van der Waals surface area contributed by atoms with E-state index in [1.165, 1.54) is 0 Å². The van der Waals surface area contributed by atoms with E-state index >= 15 is 0 Å². The minimum absolute atomic E-state index is 0.127. The third-order valence-electron chi connectivity index (χ3n) is 2.01. The first-order chi connectivity index (χ1) is 8.16. The van der Waals surface area contributed by atoms with Gasteiger partial charge in [-0.1, -0.05) is 29.4 Å². The molecule has 0 bridgehead atoms. The highest BCUT2D eigenvalue weighted by atomic mass is 35.5. The summed E-state index contributed by atoms with van der Waals surface area (Å²) in [6.45, 7) is 0. The van der Waals surface area contributed by atoms with Gasteiger partial charge in [-0.15, -0.1) is 0 Å². The molecule has 0 saturated heterocycles. The van der Waals surface area contributed by atoms with Gasteiger partial charge in [-0.3, -0.25) is 4.57 Å². The van der Waals surface area contributed by atoms with Crippen molar-refractivity contribution in [2.24, 2.45) is 0 Å². The second-order valence-corrected chi connectivity index (χ2v) is 4.60. The lowest BCUT2D eigenvalue weighted by Gasteiger charge is -2.07. The average molecular weight is 268 g/mol. The van der Waals surface area contributed by atoms with Gasteiger partial charge in [0.05, 0.1) is 5.97 Å². The Balaban J connectivity index is 2.27. The summed E-state index contributed by atoms with van der Waals surface area (Å²) in [6, 6.07) is 7.25. The molecule has 0 spiro atoms. The number of carboxylic acid groups (broad SMARTS) is 1. The third kappa shape index (κ3) is 3.01. The molecule has 0 aliphatic heterocycles. The molecule has 0 atom stereocenters. The number of benzene rings is 1. The Bertz CT molecular complexity index is 542. The Hall–Kier alpha value is -1.46. The topological polar surface area (TPSA) is 57.9 Å². The van der Waals surface area contributed by atoms with Gasteiger partial charge in [0.1, 0.15) is 0 Å². The van der Waals surface area contributed by atoms with Crippen LogP contribution in [0.25, 0.3) is 5.69 Å². The zero-order chi connectivity index (χ0) is 12.3. The van der Waals surface area contributed by atoms with Crippen molar-refractivity contribution in [1.29, 1.82) is 0 Å². The fourth-order valence-corrected chi connectivity index (χ4v) is 2.21. The molecule has 88 valence electrons. The summed E-state index contributed by atoms with van der Waals surface area (Å²) in [7, 11) is 0. The highest BCUT2D eigenvalue weighted by Crippen LogP contribution is 2.21. The third-order valence-corrected chi connectivity index (χ3v) is 3.19. The first kappa shape index (κ1) is 12.0. The monoisotopic (exact) mass is 267 g/mol. The summed E-state index contributed by atoms with van der Waals surface area (Å²) in [5, 5.41) is 11.6. The number of imidazole rings is 1. The van der Waals surface area contributed by atoms with Crippen molar-refractivity contribution in [2.45, 2.75) is 5.16 Å². The highest BCUT2D eigenvalue weighted by molar-refractivity contribution is 7.99. The predicted molar refractivity (Wildman–Crippen MR) is 64.3 cm³/mol. The standard InChI is InChI=1S/C11H9ClN2O2S/c12-8-2-1-3-9(6-8)14-5-4-13-11(14)17-7-10(15)16/h1-6H,7H2,(H,15,16)/p-1. The number of thioether (sulfide) groups is 1. The van der Waals surface area contributed by atoms with Crippen LogP contribution in [0.3, 0.4) is 0 Å². The minimum atomic E-state index is -1.12. The maximum absolute atomic E-state index is 10.4. The van der Waals surface area contributed by atoms with Crippen LogP contribution in [0.15, 0.2) is 41.8 Å². The molecule has 17 heavy (non-hydrogen) atoms. The summed E-state index contributed by atoms with van der Waals surface area (Å²) < 4.78 is 1.78. The molecule has 1 aromatic carbocycles. The van der Waals surface area contributed by atoms with Crippen LogP contribution in [0, 0.1) is 0 Å². The Morgan fingerprint density at radius 2 is 2.35 bits per heavy atom. The molecule has 6 heteroatoms. The average Bonchev–Trinajstić information content (AvgIpc) is 2.74. The van der Waals surface area contributed by atoms with Crippen molar-refractivity contribution in [3.63, 3.8) is 0 Å². The van der Waals surface area contributed by atoms with Gasteiger partial charge in [-0.2, -0.15) is 0 Å². The van der Waals surface area contributed by atoms with Gasteiger partial charge in [-0.05, 0) is 18.2 Å². The largest absolute Gasteiger partial charge is 0.549 e. The van der Waals surface area contributed by atoms with Crippen LogP contribution in [0.5, 0.6) is 0 Å². The van der Waals surface area contributed by atoms with Gasteiger partial charge in [0.15, 0.2) is 5.16 Å². The fourth-order valence-electron chi connectivity index (χ4n) is 1.34. The van der Waals surface area contributed by atoms with E-state index in [2.05, 4.69) is 4.98 Å². The van der Waals surface area contributed by atoms with Gasteiger partial charge < -0.3 is 9.90 Å². The lowest BCUT2D eigenvalue weighted by atomic mass is 10.3. The van der Waals surface area contributed by atoms with Gasteiger partial charge in [0, 0.05) is 28.9 Å². The Labute approximate surface area is 107 Å². The van der Waals surface area contributed by atoms with E-state index in [9.17, 15) is 9.90 Å². The summed E-state index contributed by atoms with van der Waals surface area (Å²) in [6.07, 6.45) is 3.36. The first-order valence-electron chi connectivity index (χ1n) is 4.79. The van der Waals surface area contributed by atoms with E-state index in [4.69, 9.17) is 11.6 Å². The van der Waals surface area contributed by atoms with E-state index in [0.29, 0.717) is 10.2 Å². The molecule has 1 aromatic heterocycles. The van der Waals surface area contributed by atoms with Crippen molar-refractivity contribution in [3.05, 3.63) is 41.7 Å². The number of nitrogens with zero attached hydrogens (tertiary/aromatic N) is 2. The smallest absolute Gasteiger partial charge is 0.172 e. The molecule has 0 aliphatic carbocycles. The minimum Gasteiger partial charge on any atom is -0.549 e. The van der Waals surface area contributed by atoms with Crippen LogP contribution in [0.1, 0.15) is 0 Å². The molecule has 2 aromatic rings. The Morgan fingerprint density at radius 3 is 3.06 bits per heavy atom. The van der Waals surface area contributed by atoms with Gasteiger partial charge in [0.2, 0.25) is 0 Å². The number of aliphatic carboxylic acids is 1. The zero-order valence-electron chi connectivity index (χ0n) is 8.67. The molecule has 1 heterocycles. The van der Waals surface area contributed by atoms with Crippen molar-refractivity contribution in [3.8, 4) is 5.69 Å². The molecule has 2 rings (SSSR count). The van der Waals surface area contributed by atoms with Gasteiger partial charge in [0.25, 0.3) is 0 Å². The SMILES string of the molecule is O=C([O-])CSc1nccn1-c1cccc(Cl)c1. The summed E-state index contributed by atoms with van der Waals surface area (Å²) in [5.74, 6) is -1.24. The van der Waals surface area contributed by atoms with Gasteiger partial charge in [-0.25, -0.2) is 4.98 Å². The molecular weight excluding hydrogens is 260 g/mol. The predicted octanol–water partition coefficient (Wildman–Crippen LogP) is 1.37. The van der Waals surface area contributed by atoms with E-state index in [-0.39, 0.29) is 5.75 Å². The lowest BCUT2D eigenvalue weighted by Crippen LogP contribution is -2.24. The number of halogens is 1. The van der Waals surface area contributed by atoms with E-state index in [1.807, 2.05) is 12.1 Å². The molecule has 0 saturated carbocycles. The van der Waals surface area contributed by atoms with Crippen LogP contribution in [0.2, 0.25) is 5.02 Å². The van der Waals surface area contributed by atoms with Crippen LogP contribution >= 0.6 is 23.4 Å². The first-order valence-corrected chi connectivity index (χ1v) is 6.15. The number of hydrogen-bond acceptors (Lipinski definition) is 4. The molecule has 0 amide bonds. The van der Waals surface area contributed by atoms with Crippen molar-refractivity contribution in [2.75, 3.05) is 5.75 Å². The molecule has 0 radical (unpaired) electrons. The number of carboxylic acids is 1. The number of rotatable bonds is 4. The molecule has 0 N–H and O–H groups in total. The van der Waals surface area contributed by atoms with Crippen LogP contribution in [0.4, 0.5) is 0 Å². The van der Waals surface area contributed by atoms with Crippen LogP contribution in [-0.2, 0) is 4.79 Å². The molecular formula is C11H8ClN2O2S-. The van der Waals surface area contributed by atoms with E-state index in [1.54, 1.807) is 29.1 Å². The zero-order valence-corrected chi connectivity index (χ0v) is 10.2. The second-order valence-electron chi connectivity index (χ2n) is 3.22. The quantitative estimate of drug-likeness (QED) is 0.785. The normalized spacial score (nSPS) is 10.4. The maximum Gasteiger partial charge on any atom is 0.172 e. The number of aromatic nitrogens is 2. The number of carbonyl (C=O) groups is 1. The van der Waals surface area contributed by atoms with Crippen LogP contribution in [-0.4, -0.2) is 21.3 Å². The van der Waals surface area contributed by atoms with E-state index in [0.717, 1.165) is 17.4 Å². The fraction of sp³-hybridized carbons (Fsp3) is 0.0909. The number of hydrogen-bond donors (Lipinski definition) is 0. The molecule has 0 aliphatic rings. The van der Waals surface area contributed by atoms with Crippen LogP contribution < -0.4 is 5.11 Å². The molecule has 0 fully saturated rings. The van der Waals surface area contributed by atoms with Crippen molar-refractivity contribution in [1.82, 2.24) is 9.55 Å². The molecule has 0 unspecified atom stereocenters. The second kappa shape index (κ2) is 5.25. The lowest BCUT2D eigenvalue weighted by molar-refractivity contribution is -0.301. The van der Waals surface area contributed by atoms with Crippen molar-refractivity contribution >= 4 is 29.3 Å². The number of carbonyl (C=O) groups excluding carboxylic acids is 1. The van der Waals surface area contributed by atoms with Crippen molar-refractivity contribution < 1.29 is 9.90 Å².